The maximum Gasteiger partial charge on any atom is 0.326 e. The third-order valence-electron chi connectivity index (χ3n) is 3.48. The van der Waals surface area contributed by atoms with Gasteiger partial charge in [0.25, 0.3) is 0 Å². The molecule has 0 amide bonds. The fourth-order valence-electron chi connectivity index (χ4n) is 2.50. The fourth-order valence-corrected chi connectivity index (χ4v) is 2.50. The average Bonchev–Trinajstić information content (AvgIpc) is 2.85. The zero-order chi connectivity index (χ0) is 11.8. The van der Waals surface area contributed by atoms with Gasteiger partial charge in [-0.05, 0) is 12.5 Å². The molecule has 2 heterocycles. The summed E-state index contributed by atoms with van der Waals surface area (Å²) >= 11 is 0. The van der Waals surface area contributed by atoms with Crippen LogP contribution in [0.15, 0.2) is 30.3 Å². The first kappa shape index (κ1) is 10.7. The molecule has 0 bridgehead atoms. The standard InChI is InChI=1S/C13H15NO3/c1-9-11-8-16-14(12(11)13(15)17-9)7-10-5-3-2-4-6-10/h2-6,9,11-12H,7-8H2,1H3/t9-,11+,12+/m1/s1. The summed E-state index contributed by atoms with van der Waals surface area (Å²) in [5.74, 6) is 0.0159. The normalized spacial score (nSPS) is 32.5. The van der Waals surface area contributed by atoms with Gasteiger partial charge in [-0.3, -0.25) is 9.63 Å². The zero-order valence-electron chi connectivity index (χ0n) is 9.70. The number of ether oxygens (including phenoxy) is 1. The first-order valence-electron chi connectivity index (χ1n) is 5.89. The minimum absolute atomic E-state index is 0.0340. The molecule has 2 aliphatic rings. The maximum atomic E-state index is 11.7. The third-order valence-corrected chi connectivity index (χ3v) is 3.48. The molecule has 17 heavy (non-hydrogen) atoms. The van der Waals surface area contributed by atoms with Crippen LogP contribution in [0.2, 0.25) is 0 Å². The summed E-state index contributed by atoms with van der Waals surface area (Å²) in [7, 11) is 0. The van der Waals surface area contributed by atoms with E-state index in [0.717, 1.165) is 5.56 Å². The molecule has 2 fully saturated rings. The number of cyclic esters (lactones) is 1. The summed E-state index contributed by atoms with van der Waals surface area (Å²) in [5.41, 5.74) is 1.14. The molecular formula is C13H15NO3. The first-order chi connectivity index (χ1) is 8.25. The van der Waals surface area contributed by atoms with Crippen molar-refractivity contribution in [1.82, 2.24) is 5.06 Å². The lowest BCUT2D eigenvalue weighted by atomic mass is 9.99. The van der Waals surface area contributed by atoms with Gasteiger partial charge in [-0.25, -0.2) is 0 Å². The van der Waals surface area contributed by atoms with Crippen LogP contribution >= 0.6 is 0 Å². The lowest BCUT2D eigenvalue weighted by molar-refractivity contribution is -0.173. The number of hydrogen-bond acceptors (Lipinski definition) is 4. The van der Waals surface area contributed by atoms with Crippen molar-refractivity contribution in [3.8, 4) is 0 Å². The van der Waals surface area contributed by atoms with Gasteiger partial charge in [0.15, 0.2) is 0 Å². The molecule has 4 nitrogen and oxygen atoms in total. The molecule has 0 aliphatic carbocycles. The van der Waals surface area contributed by atoms with Gasteiger partial charge < -0.3 is 4.74 Å². The smallest absolute Gasteiger partial charge is 0.326 e. The number of rotatable bonds is 2. The minimum Gasteiger partial charge on any atom is -0.461 e. The topological polar surface area (TPSA) is 38.8 Å². The van der Waals surface area contributed by atoms with Crippen molar-refractivity contribution in [1.29, 1.82) is 0 Å². The van der Waals surface area contributed by atoms with Gasteiger partial charge in [-0.2, -0.15) is 5.06 Å². The molecule has 3 atom stereocenters. The minimum atomic E-state index is -0.231. The van der Waals surface area contributed by atoms with Gasteiger partial charge in [0.1, 0.15) is 12.1 Å². The van der Waals surface area contributed by atoms with Gasteiger partial charge in [0.2, 0.25) is 0 Å². The third kappa shape index (κ3) is 1.83. The largest absolute Gasteiger partial charge is 0.461 e. The van der Waals surface area contributed by atoms with Crippen molar-refractivity contribution in [2.24, 2.45) is 5.92 Å². The fraction of sp³-hybridized carbons (Fsp3) is 0.462. The zero-order valence-corrected chi connectivity index (χ0v) is 9.70. The molecule has 1 aromatic rings. The van der Waals surface area contributed by atoms with E-state index in [4.69, 9.17) is 9.57 Å². The summed E-state index contributed by atoms with van der Waals surface area (Å²) in [4.78, 5) is 17.3. The lowest BCUT2D eigenvalue weighted by Gasteiger charge is -2.18. The lowest BCUT2D eigenvalue weighted by Crippen LogP contribution is -2.35. The van der Waals surface area contributed by atoms with E-state index in [2.05, 4.69) is 0 Å². The highest BCUT2D eigenvalue weighted by atomic mass is 16.7. The van der Waals surface area contributed by atoms with E-state index in [1.54, 1.807) is 5.06 Å². The van der Waals surface area contributed by atoms with E-state index in [9.17, 15) is 4.79 Å². The average molecular weight is 233 g/mol. The van der Waals surface area contributed by atoms with Crippen LogP contribution in [0, 0.1) is 5.92 Å². The van der Waals surface area contributed by atoms with Crippen molar-refractivity contribution in [2.75, 3.05) is 6.61 Å². The molecule has 2 saturated heterocycles. The Bertz CT molecular complexity index is 420. The van der Waals surface area contributed by atoms with Crippen molar-refractivity contribution < 1.29 is 14.4 Å². The second kappa shape index (κ2) is 4.13. The van der Waals surface area contributed by atoms with Crippen molar-refractivity contribution in [3.05, 3.63) is 35.9 Å². The molecule has 0 aromatic heterocycles. The number of benzene rings is 1. The predicted octanol–water partition coefficient (Wildman–Crippen LogP) is 1.36. The van der Waals surface area contributed by atoms with Gasteiger partial charge in [0.05, 0.1) is 13.2 Å². The summed E-state index contributed by atoms with van der Waals surface area (Å²) in [6.07, 6.45) is -0.0340. The van der Waals surface area contributed by atoms with E-state index in [1.165, 1.54) is 0 Å². The Morgan fingerprint density at radius 1 is 1.35 bits per heavy atom. The molecular weight excluding hydrogens is 218 g/mol. The van der Waals surface area contributed by atoms with Crippen LogP contribution in [0.25, 0.3) is 0 Å². The van der Waals surface area contributed by atoms with Crippen LogP contribution in [-0.2, 0) is 20.9 Å². The van der Waals surface area contributed by atoms with Crippen LogP contribution in [0.5, 0.6) is 0 Å². The quantitative estimate of drug-likeness (QED) is 0.723. The number of hydroxylamine groups is 2. The summed E-state index contributed by atoms with van der Waals surface area (Å²) < 4.78 is 5.24. The van der Waals surface area contributed by atoms with Crippen molar-refractivity contribution in [3.63, 3.8) is 0 Å². The van der Waals surface area contributed by atoms with Crippen molar-refractivity contribution >= 4 is 5.97 Å². The molecule has 0 N–H and O–H groups in total. The number of hydrogen-bond donors (Lipinski definition) is 0. The molecule has 0 radical (unpaired) electrons. The Kier molecular flexibility index (Phi) is 2.61. The number of esters is 1. The van der Waals surface area contributed by atoms with E-state index in [-0.39, 0.29) is 24.0 Å². The predicted molar refractivity (Wildman–Crippen MR) is 60.8 cm³/mol. The molecule has 0 spiro atoms. The summed E-state index contributed by atoms with van der Waals surface area (Å²) in [5, 5.41) is 1.76. The maximum absolute atomic E-state index is 11.7. The highest BCUT2D eigenvalue weighted by Crippen LogP contribution is 2.33. The van der Waals surface area contributed by atoms with Crippen LogP contribution in [-0.4, -0.2) is 29.8 Å². The molecule has 0 unspecified atom stereocenters. The number of carbonyl (C=O) groups is 1. The second-order valence-corrected chi connectivity index (χ2v) is 4.61. The van der Waals surface area contributed by atoms with Crippen LogP contribution in [0.1, 0.15) is 12.5 Å². The van der Waals surface area contributed by atoms with E-state index in [1.807, 2.05) is 37.3 Å². The van der Waals surface area contributed by atoms with Crippen molar-refractivity contribution in [2.45, 2.75) is 25.6 Å². The van der Waals surface area contributed by atoms with Crippen LogP contribution < -0.4 is 0 Å². The van der Waals surface area contributed by atoms with E-state index < -0.39 is 0 Å². The van der Waals surface area contributed by atoms with E-state index in [0.29, 0.717) is 13.2 Å². The highest BCUT2D eigenvalue weighted by Gasteiger charge is 2.51. The Morgan fingerprint density at radius 3 is 2.88 bits per heavy atom. The molecule has 0 saturated carbocycles. The molecule has 1 aromatic carbocycles. The Labute approximate surface area is 100 Å². The Morgan fingerprint density at radius 2 is 2.12 bits per heavy atom. The number of carbonyl (C=O) groups excluding carboxylic acids is 1. The molecule has 2 aliphatic heterocycles. The second-order valence-electron chi connectivity index (χ2n) is 4.61. The highest BCUT2D eigenvalue weighted by molar-refractivity contribution is 5.78. The van der Waals surface area contributed by atoms with Gasteiger partial charge in [0, 0.05) is 5.92 Å². The number of nitrogens with zero attached hydrogens (tertiary/aromatic N) is 1. The van der Waals surface area contributed by atoms with E-state index >= 15 is 0 Å². The SMILES string of the molecule is C[C@H]1OC(=O)[C@@H]2[C@H]1CON2Cc1ccccc1. The number of fused-ring (bicyclic) bond motifs is 1. The van der Waals surface area contributed by atoms with Crippen LogP contribution in [0.4, 0.5) is 0 Å². The Hall–Kier alpha value is -1.39. The molecule has 4 heteroatoms. The van der Waals surface area contributed by atoms with Crippen LogP contribution in [0.3, 0.4) is 0 Å². The monoisotopic (exact) mass is 233 g/mol. The molecule has 90 valence electrons. The summed E-state index contributed by atoms with van der Waals surface area (Å²) in [6, 6.07) is 9.77. The first-order valence-corrected chi connectivity index (χ1v) is 5.89. The van der Waals surface area contributed by atoms with Gasteiger partial charge >= 0.3 is 5.97 Å². The Balaban J connectivity index is 1.75. The van der Waals surface area contributed by atoms with Gasteiger partial charge in [-0.1, -0.05) is 30.3 Å². The van der Waals surface area contributed by atoms with Gasteiger partial charge in [-0.15, -0.1) is 0 Å². The molecule has 3 rings (SSSR count). The summed E-state index contributed by atoms with van der Waals surface area (Å²) in [6.45, 7) is 3.13.